The highest BCUT2D eigenvalue weighted by Crippen LogP contribution is 2.23. The first-order valence-electron chi connectivity index (χ1n) is 11.0. The van der Waals surface area contributed by atoms with Gasteiger partial charge in [-0.2, -0.15) is 0 Å². The monoisotopic (exact) mass is 423 g/mol. The zero-order valence-electron chi connectivity index (χ0n) is 19.0. The maximum absolute atomic E-state index is 12.7. The molecule has 2 N–H and O–H groups in total. The lowest BCUT2D eigenvalue weighted by atomic mass is 9.98. The number of urea groups is 1. The van der Waals surface area contributed by atoms with E-state index < -0.39 is 0 Å². The van der Waals surface area contributed by atoms with Gasteiger partial charge in [0.15, 0.2) is 0 Å². The Balaban J connectivity index is 1.48. The number of aryl methyl sites for hydroxylation is 3. The molecule has 6 heteroatoms. The summed E-state index contributed by atoms with van der Waals surface area (Å²) in [4.78, 5) is 26.9. The van der Waals surface area contributed by atoms with Crippen LogP contribution in [-0.2, 0) is 0 Å². The van der Waals surface area contributed by atoms with Gasteiger partial charge >= 0.3 is 6.03 Å². The van der Waals surface area contributed by atoms with Crippen LogP contribution in [-0.4, -0.2) is 43.1 Å². The van der Waals surface area contributed by atoms with Gasteiger partial charge in [-0.3, -0.25) is 4.79 Å². The molecule has 1 saturated heterocycles. The molecule has 6 nitrogen and oxygen atoms in total. The van der Waals surface area contributed by atoms with Crippen molar-refractivity contribution in [1.29, 1.82) is 0 Å². The van der Waals surface area contributed by atoms with E-state index in [0.29, 0.717) is 30.3 Å². The van der Waals surface area contributed by atoms with Gasteiger partial charge in [-0.05, 0) is 74.4 Å². The molecule has 3 amide bonds. The van der Waals surface area contributed by atoms with Crippen molar-refractivity contribution in [2.24, 2.45) is 5.92 Å². The highest BCUT2D eigenvalue weighted by Gasteiger charge is 2.21. The molecular weight excluding hydrogens is 390 g/mol. The van der Waals surface area contributed by atoms with Crippen LogP contribution in [0.15, 0.2) is 36.4 Å². The van der Waals surface area contributed by atoms with Crippen molar-refractivity contribution in [2.45, 2.75) is 40.5 Å². The van der Waals surface area contributed by atoms with Gasteiger partial charge in [0.05, 0.1) is 6.54 Å². The molecule has 0 spiro atoms. The molecule has 0 atom stereocenters. The van der Waals surface area contributed by atoms with Crippen molar-refractivity contribution in [1.82, 2.24) is 10.2 Å². The molecule has 1 fully saturated rings. The van der Waals surface area contributed by atoms with Gasteiger partial charge in [0.2, 0.25) is 0 Å². The molecule has 1 aliphatic heterocycles. The number of nitrogens with zero attached hydrogens (tertiary/aromatic N) is 1. The number of rotatable bonds is 6. The molecule has 1 heterocycles. The number of likely N-dealkylation sites (tertiary alicyclic amines) is 1. The summed E-state index contributed by atoms with van der Waals surface area (Å²) in [6.07, 6.45) is 2.11. The Labute approximate surface area is 185 Å². The first-order chi connectivity index (χ1) is 14.8. The second-order valence-electron chi connectivity index (χ2n) is 8.45. The molecule has 0 radical (unpaired) electrons. The van der Waals surface area contributed by atoms with Crippen LogP contribution in [0.4, 0.5) is 10.5 Å². The Morgan fingerprint density at radius 1 is 1.03 bits per heavy atom. The van der Waals surface area contributed by atoms with E-state index in [2.05, 4.69) is 17.6 Å². The van der Waals surface area contributed by atoms with Crippen LogP contribution in [0.2, 0.25) is 0 Å². The van der Waals surface area contributed by atoms with Crippen LogP contribution in [0.3, 0.4) is 0 Å². The molecule has 0 aromatic heterocycles. The van der Waals surface area contributed by atoms with Crippen molar-refractivity contribution in [3.63, 3.8) is 0 Å². The molecule has 166 valence electrons. The number of nitrogens with one attached hydrogen (secondary N) is 2. The van der Waals surface area contributed by atoms with Crippen molar-refractivity contribution in [3.05, 3.63) is 58.7 Å². The quantitative estimate of drug-likeness (QED) is 0.663. The van der Waals surface area contributed by atoms with Crippen LogP contribution >= 0.6 is 0 Å². The Bertz CT molecular complexity index is 913. The molecular formula is C25H33N3O3. The fraction of sp³-hybridized carbons (Fsp3) is 0.440. The summed E-state index contributed by atoms with van der Waals surface area (Å²) in [5, 5.41) is 5.66. The molecule has 0 saturated carbocycles. The number of hydrogen-bond donors (Lipinski definition) is 2. The molecule has 0 aliphatic carbocycles. The number of benzene rings is 2. The molecule has 2 aromatic rings. The predicted molar refractivity (Wildman–Crippen MR) is 124 cm³/mol. The zero-order chi connectivity index (χ0) is 22.4. The Morgan fingerprint density at radius 2 is 1.71 bits per heavy atom. The predicted octanol–water partition coefficient (Wildman–Crippen LogP) is 4.68. The van der Waals surface area contributed by atoms with Crippen LogP contribution in [0.1, 0.15) is 46.8 Å². The Morgan fingerprint density at radius 3 is 2.35 bits per heavy atom. The van der Waals surface area contributed by atoms with E-state index in [-0.39, 0.29) is 11.9 Å². The lowest BCUT2D eigenvalue weighted by molar-refractivity contribution is 0.0697. The van der Waals surface area contributed by atoms with E-state index in [0.717, 1.165) is 48.4 Å². The summed E-state index contributed by atoms with van der Waals surface area (Å²) in [6, 6.07) is 11.1. The van der Waals surface area contributed by atoms with Crippen molar-refractivity contribution in [2.75, 3.05) is 31.6 Å². The fourth-order valence-corrected chi connectivity index (χ4v) is 3.84. The highest BCUT2D eigenvalue weighted by molar-refractivity contribution is 5.96. The summed E-state index contributed by atoms with van der Waals surface area (Å²) in [5.41, 5.74) is 4.37. The van der Waals surface area contributed by atoms with Gasteiger partial charge in [0, 0.05) is 24.3 Å². The number of carbonyl (C=O) groups is 2. The van der Waals surface area contributed by atoms with Crippen molar-refractivity contribution < 1.29 is 14.3 Å². The van der Waals surface area contributed by atoms with Gasteiger partial charge in [-0.25, -0.2) is 4.79 Å². The maximum Gasteiger partial charge on any atom is 0.319 e. The standard InChI is InChI=1S/C25H33N3O3/c1-17-10-13-28(14-11-17)24(29)21-8-9-22(20(4)16-21)27-25(30)26-12-15-31-23-18(2)6-5-7-19(23)3/h5-9,16-17H,10-15H2,1-4H3,(H2,26,27,30). The fourth-order valence-electron chi connectivity index (χ4n) is 3.84. The Hall–Kier alpha value is -3.02. The van der Waals surface area contributed by atoms with Crippen LogP contribution in [0.25, 0.3) is 0 Å². The average molecular weight is 424 g/mol. The number of carbonyl (C=O) groups excluding carboxylic acids is 2. The van der Waals surface area contributed by atoms with Crippen molar-refractivity contribution >= 4 is 17.6 Å². The van der Waals surface area contributed by atoms with E-state index in [1.165, 1.54) is 0 Å². The van der Waals surface area contributed by atoms with Gasteiger partial charge < -0.3 is 20.3 Å². The minimum Gasteiger partial charge on any atom is -0.491 e. The lowest BCUT2D eigenvalue weighted by Crippen LogP contribution is -2.38. The highest BCUT2D eigenvalue weighted by atomic mass is 16.5. The van der Waals surface area contributed by atoms with Crippen LogP contribution < -0.4 is 15.4 Å². The minimum absolute atomic E-state index is 0.0645. The van der Waals surface area contributed by atoms with Gasteiger partial charge in [-0.1, -0.05) is 25.1 Å². The van der Waals surface area contributed by atoms with Crippen LogP contribution in [0, 0.1) is 26.7 Å². The number of para-hydroxylation sites is 1. The summed E-state index contributed by atoms with van der Waals surface area (Å²) < 4.78 is 5.81. The maximum atomic E-state index is 12.7. The number of piperidine rings is 1. The third-order valence-electron chi connectivity index (χ3n) is 5.84. The molecule has 0 unspecified atom stereocenters. The summed E-state index contributed by atoms with van der Waals surface area (Å²) in [6.45, 7) is 10.5. The smallest absolute Gasteiger partial charge is 0.319 e. The third-order valence-corrected chi connectivity index (χ3v) is 5.84. The summed E-state index contributed by atoms with van der Waals surface area (Å²) in [5.74, 6) is 1.61. The van der Waals surface area contributed by atoms with E-state index in [9.17, 15) is 9.59 Å². The van der Waals surface area contributed by atoms with E-state index in [4.69, 9.17) is 4.74 Å². The largest absolute Gasteiger partial charge is 0.491 e. The first-order valence-corrected chi connectivity index (χ1v) is 11.0. The topological polar surface area (TPSA) is 70.7 Å². The number of anilines is 1. The average Bonchev–Trinajstić information content (AvgIpc) is 2.74. The normalized spacial score (nSPS) is 14.3. The third kappa shape index (κ3) is 6.00. The minimum atomic E-state index is -0.294. The van der Waals surface area contributed by atoms with E-state index in [1.807, 2.05) is 49.9 Å². The number of amides is 3. The molecule has 31 heavy (non-hydrogen) atoms. The first kappa shape index (κ1) is 22.7. The van der Waals surface area contributed by atoms with Gasteiger partial charge in [0.25, 0.3) is 5.91 Å². The van der Waals surface area contributed by atoms with E-state index >= 15 is 0 Å². The summed E-state index contributed by atoms with van der Waals surface area (Å²) in [7, 11) is 0. The molecule has 0 bridgehead atoms. The van der Waals surface area contributed by atoms with E-state index in [1.54, 1.807) is 12.1 Å². The van der Waals surface area contributed by atoms with Gasteiger partial charge in [-0.15, -0.1) is 0 Å². The van der Waals surface area contributed by atoms with Crippen LogP contribution in [0.5, 0.6) is 5.75 Å². The number of ether oxygens (including phenoxy) is 1. The molecule has 1 aliphatic rings. The van der Waals surface area contributed by atoms with Gasteiger partial charge in [0.1, 0.15) is 12.4 Å². The second kappa shape index (κ2) is 10.3. The zero-order valence-corrected chi connectivity index (χ0v) is 19.0. The lowest BCUT2D eigenvalue weighted by Gasteiger charge is -2.30. The van der Waals surface area contributed by atoms with Crippen molar-refractivity contribution in [3.8, 4) is 5.75 Å². The molecule has 2 aromatic carbocycles. The molecule has 3 rings (SSSR count). The SMILES string of the molecule is Cc1cc(C(=O)N2CCC(C)CC2)ccc1NC(=O)NCCOc1c(C)cccc1C. The second-order valence-corrected chi connectivity index (χ2v) is 8.45. The summed E-state index contributed by atoms with van der Waals surface area (Å²) >= 11 is 0. The number of hydrogen-bond acceptors (Lipinski definition) is 3. The Kier molecular flexibility index (Phi) is 7.55.